The van der Waals surface area contributed by atoms with Crippen LogP contribution in [0.2, 0.25) is 0 Å². The van der Waals surface area contributed by atoms with E-state index in [9.17, 15) is 4.79 Å². The highest BCUT2D eigenvalue weighted by atomic mass is 16.2. The largest absolute Gasteiger partial charge is 0.342 e. The van der Waals surface area contributed by atoms with Crippen molar-refractivity contribution in [3.63, 3.8) is 0 Å². The lowest BCUT2D eigenvalue weighted by Gasteiger charge is -2.36. The van der Waals surface area contributed by atoms with Crippen LogP contribution in [0.3, 0.4) is 0 Å². The van der Waals surface area contributed by atoms with Crippen LogP contribution in [0.4, 0.5) is 0 Å². The Hall–Kier alpha value is -1.32. The summed E-state index contributed by atoms with van der Waals surface area (Å²) in [6.07, 6.45) is 9.51. The Morgan fingerprint density at radius 2 is 2.10 bits per heavy atom. The van der Waals surface area contributed by atoms with Crippen LogP contribution >= 0.6 is 0 Å². The highest BCUT2D eigenvalue weighted by molar-refractivity contribution is 5.80. The molecule has 4 nitrogen and oxygen atoms in total. The molecule has 4 heteroatoms. The number of H-pyrrole nitrogens is 1. The molecule has 20 heavy (non-hydrogen) atoms. The van der Waals surface area contributed by atoms with Crippen molar-refractivity contribution in [3.05, 3.63) is 18.0 Å². The van der Waals surface area contributed by atoms with Crippen LogP contribution < -0.4 is 0 Å². The van der Waals surface area contributed by atoms with Gasteiger partial charge < -0.3 is 4.90 Å². The fraction of sp³-hybridized carbons (Fsp3) is 0.750. The van der Waals surface area contributed by atoms with E-state index in [0.717, 1.165) is 32.4 Å². The van der Waals surface area contributed by atoms with E-state index in [-0.39, 0.29) is 11.3 Å². The lowest BCUT2D eigenvalue weighted by molar-refractivity contribution is -0.139. The predicted molar refractivity (Wildman–Crippen MR) is 78.3 cm³/mol. The molecule has 1 saturated carbocycles. The van der Waals surface area contributed by atoms with Crippen molar-refractivity contribution in [1.82, 2.24) is 15.1 Å². The molecule has 1 aliphatic heterocycles. The fourth-order valence-electron chi connectivity index (χ4n) is 3.92. The summed E-state index contributed by atoms with van der Waals surface area (Å²) < 4.78 is 0. The molecule has 110 valence electrons. The number of carbonyl (C=O) groups is 1. The third-order valence-electron chi connectivity index (χ3n) is 5.35. The minimum Gasteiger partial charge on any atom is -0.342 e. The summed E-state index contributed by atoms with van der Waals surface area (Å²) in [5.74, 6) is 1.21. The van der Waals surface area contributed by atoms with Gasteiger partial charge in [-0.1, -0.05) is 20.3 Å². The summed E-state index contributed by atoms with van der Waals surface area (Å²) in [5.41, 5.74) is 1.48. The number of carbonyl (C=O) groups excluding carboxylic acids is 1. The Kier molecular flexibility index (Phi) is 3.57. The summed E-state index contributed by atoms with van der Waals surface area (Å²) in [6.45, 7) is 6.31. The molecule has 0 bridgehead atoms. The molecule has 1 atom stereocenters. The van der Waals surface area contributed by atoms with Gasteiger partial charge in [0.2, 0.25) is 5.91 Å². The number of likely N-dealkylation sites (tertiary alicyclic amines) is 1. The van der Waals surface area contributed by atoms with Crippen LogP contribution in [0.1, 0.15) is 57.4 Å². The zero-order chi connectivity index (χ0) is 14.2. The van der Waals surface area contributed by atoms with Gasteiger partial charge in [-0.3, -0.25) is 9.89 Å². The topological polar surface area (TPSA) is 49.0 Å². The highest BCUT2D eigenvalue weighted by Gasteiger charge is 2.41. The van der Waals surface area contributed by atoms with Gasteiger partial charge in [0.15, 0.2) is 0 Å². The third kappa shape index (κ3) is 2.48. The molecule has 1 saturated heterocycles. The van der Waals surface area contributed by atoms with Gasteiger partial charge in [0.05, 0.1) is 6.20 Å². The molecule has 1 aromatic rings. The van der Waals surface area contributed by atoms with Gasteiger partial charge in [-0.15, -0.1) is 0 Å². The first kappa shape index (κ1) is 13.7. The molecule has 2 aliphatic rings. The maximum atomic E-state index is 12.7. The van der Waals surface area contributed by atoms with E-state index in [1.807, 2.05) is 12.4 Å². The first-order chi connectivity index (χ1) is 9.58. The first-order valence-electron chi connectivity index (χ1n) is 7.85. The number of amides is 1. The summed E-state index contributed by atoms with van der Waals surface area (Å²) in [5, 5.41) is 6.91. The Balaban J connectivity index is 1.59. The van der Waals surface area contributed by atoms with Crippen molar-refractivity contribution < 1.29 is 4.79 Å². The Labute approximate surface area is 120 Å². The Bertz CT molecular complexity index is 458. The number of nitrogens with zero attached hydrogens (tertiary/aromatic N) is 2. The molecule has 0 spiro atoms. The molecule has 0 aromatic carbocycles. The summed E-state index contributed by atoms with van der Waals surface area (Å²) in [4.78, 5) is 14.8. The molecule has 2 fully saturated rings. The van der Waals surface area contributed by atoms with E-state index in [0.29, 0.717) is 11.8 Å². The molecule has 0 radical (unpaired) electrons. The van der Waals surface area contributed by atoms with Crippen molar-refractivity contribution in [2.75, 3.05) is 13.1 Å². The number of aromatic nitrogens is 2. The maximum absolute atomic E-state index is 12.7. The molecule has 1 aliphatic carbocycles. The number of aromatic amines is 1. The molecule has 1 unspecified atom stereocenters. The van der Waals surface area contributed by atoms with Gasteiger partial charge in [-0.05, 0) is 42.6 Å². The summed E-state index contributed by atoms with van der Waals surface area (Å²) in [6, 6.07) is 0. The van der Waals surface area contributed by atoms with E-state index < -0.39 is 0 Å². The Morgan fingerprint density at radius 3 is 2.65 bits per heavy atom. The van der Waals surface area contributed by atoms with Crippen molar-refractivity contribution in [2.45, 2.75) is 51.9 Å². The van der Waals surface area contributed by atoms with Gasteiger partial charge in [0.1, 0.15) is 0 Å². The fourth-order valence-corrected chi connectivity index (χ4v) is 3.92. The second-order valence-corrected chi connectivity index (χ2v) is 7.06. The van der Waals surface area contributed by atoms with Gasteiger partial charge in [-0.2, -0.15) is 5.10 Å². The number of hydrogen-bond donors (Lipinski definition) is 1. The number of piperidine rings is 1. The number of nitrogens with one attached hydrogen (secondary N) is 1. The average molecular weight is 275 g/mol. The molecule has 2 heterocycles. The second-order valence-electron chi connectivity index (χ2n) is 7.06. The van der Waals surface area contributed by atoms with E-state index in [1.165, 1.54) is 18.4 Å². The highest BCUT2D eigenvalue weighted by Crippen LogP contribution is 2.44. The van der Waals surface area contributed by atoms with Gasteiger partial charge >= 0.3 is 0 Å². The smallest absolute Gasteiger partial charge is 0.226 e. The Morgan fingerprint density at radius 1 is 1.35 bits per heavy atom. The van der Waals surface area contributed by atoms with Crippen molar-refractivity contribution in [2.24, 2.45) is 11.3 Å². The average Bonchev–Trinajstić information content (AvgIpc) is 3.07. The quantitative estimate of drug-likeness (QED) is 0.902. The van der Waals surface area contributed by atoms with Crippen LogP contribution in [-0.4, -0.2) is 34.1 Å². The van der Waals surface area contributed by atoms with Crippen LogP contribution in [0, 0.1) is 11.3 Å². The minimum absolute atomic E-state index is 0.193. The monoisotopic (exact) mass is 275 g/mol. The maximum Gasteiger partial charge on any atom is 0.226 e. The van der Waals surface area contributed by atoms with Gasteiger partial charge in [0.25, 0.3) is 0 Å². The molecule has 1 N–H and O–H groups in total. The van der Waals surface area contributed by atoms with Crippen LogP contribution in [0.5, 0.6) is 0 Å². The van der Waals surface area contributed by atoms with E-state index >= 15 is 0 Å². The molecular weight excluding hydrogens is 250 g/mol. The lowest BCUT2D eigenvalue weighted by Crippen LogP contribution is -2.43. The molecular formula is C16H25N3O. The predicted octanol–water partition coefficient (Wildman–Crippen LogP) is 2.94. The van der Waals surface area contributed by atoms with E-state index in [4.69, 9.17) is 0 Å². The molecule has 3 rings (SSSR count). The minimum atomic E-state index is 0.193. The molecule has 1 amide bonds. The SMILES string of the molecule is CC1(C)CCCC1C(=O)N1CCC(c2cn[nH]c2)CC1. The van der Waals surface area contributed by atoms with Gasteiger partial charge in [-0.25, -0.2) is 0 Å². The van der Waals surface area contributed by atoms with Crippen LogP contribution in [-0.2, 0) is 4.79 Å². The van der Waals surface area contributed by atoms with Crippen molar-refractivity contribution in [1.29, 1.82) is 0 Å². The summed E-state index contributed by atoms with van der Waals surface area (Å²) >= 11 is 0. The zero-order valence-corrected chi connectivity index (χ0v) is 12.6. The van der Waals surface area contributed by atoms with Crippen LogP contribution in [0.15, 0.2) is 12.4 Å². The third-order valence-corrected chi connectivity index (χ3v) is 5.35. The summed E-state index contributed by atoms with van der Waals surface area (Å²) in [7, 11) is 0. The van der Waals surface area contributed by atoms with Crippen LogP contribution in [0.25, 0.3) is 0 Å². The number of hydrogen-bond acceptors (Lipinski definition) is 2. The van der Waals surface area contributed by atoms with E-state index in [2.05, 4.69) is 28.9 Å². The molecule has 1 aromatic heterocycles. The standard InChI is InChI=1S/C16H25N3O/c1-16(2)7-3-4-14(16)15(20)19-8-5-12(6-9-19)13-10-17-18-11-13/h10-12,14H,3-9H2,1-2H3,(H,17,18). The van der Waals surface area contributed by atoms with Crippen molar-refractivity contribution in [3.8, 4) is 0 Å². The zero-order valence-electron chi connectivity index (χ0n) is 12.6. The lowest BCUT2D eigenvalue weighted by atomic mass is 9.80. The second kappa shape index (κ2) is 5.23. The van der Waals surface area contributed by atoms with Gasteiger partial charge in [0, 0.05) is 25.2 Å². The normalized spacial score (nSPS) is 26.9. The number of rotatable bonds is 2. The van der Waals surface area contributed by atoms with Crippen molar-refractivity contribution >= 4 is 5.91 Å². The first-order valence-corrected chi connectivity index (χ1v) is 7.85. The van der Waals surface area contributed by atoms with E-state index in [1.54, 1.807) is 0 Å².